The van der Waals surface area contributed by atoms with Crippen LogP contribution in [0.2, 0.25) is 0 Å². The van der Waals surface area contributed by atoms with Crippen LogP contribution >= 0.6 is 0 Å². The van der Waals surface area contributed by atoms with Crippen LogP contribution in [0, 0.1) is 11.6 Å². The summed E-state index contributed by atoms with van der Waals surface area (Å²) in [6.07, 6.45) is -0.0958. The number of ether oxygens (including phenoxy) is 1. The van der Waals surface area contributed by atoms with Gasteiger partial charge in [0.05, 0.1) is 6.61 Å². The molecule has 0 radical (unpaired) electrons. The second kappa shape index (κ2) is 5.77. The molecule has 0 saturated heterocycles. The van der Waals surface area contributed by atoms with E-state index in [1.54, 1.807) is 14.0 Å². The molecule has 7 heteroatoms. The van der Waals surface area contributed by atoms with Crippen molar-refractivity contribution >= 4 is 5.97 Å². The molecule has 2 aromatic rings. The fourth-order valence-electron chi connectivity index (χ4n) is 1.71. The third-order valence-corrected chi connectivity index (χ3v) is 2.71. The summed E-state index contributed by atoms with van der Waals surface area (Å²) in [4.78, 5) is 15.4. The number of benzene rings is 1. The zero-order valence-electron chi connectivity index (χ0n) is 11.1. The van der Waals surface area contributed by atoms with Gasteiger partial charge in [0.1, 0.15) is 17.5 Å². The van der Waals surface area contributed by atoms with Gasteiger partial charge in [0.2, 0.25) is 0 Å². The summed E-state index contributed by atoms with van der Waals surface area (Å²) in [6.45, 7) is 1.87. The Balaban J connectivity index is 2.28. The number of carbonyl (C=O) groups excluding carboxylic acids is 1. The lowest BCUT2D eigenvalue weighted by molar-refractivity contribution is 0.0512. The molecule has 0 aliphatic heterocycles. The number of aromatic nitrogens is 3. The van der Waals surface area contributed by atoms with E-state index in [9.17, 15) is 13.6 Å². The van der Waals surface area contributed by atoms with Crippen molar-refractivity contribution < 1.29 is 18.3 Å². The van der Waals surface area contributed by atoms with E-state index in [4.69, 9.17) is 4.74 Å². The molecule has 0 spiro atoms. The standard InChI is InChI=1S/C13H13F2N3O2/c1-3-20-13(19)12-16-11(18(2)17-12)7-8-9(14)5-4-6-10(8)15/h4-6H,3,7H2,1-2H3. The van der Waals surface area contributed by atoms with Gasteiger partial charge in [-0.25, -0.2) is 18.6 Å². The zero-order valence-corrected chi connectivity index (χ0v) is 11.1. The van der Waals surface area contributed by atoms with E-state index in [0.717, 1.165) is 0 Å². The number of rotatable bonds is 4. The van der Waals surface area contributed by atoms with E-state index in [2.05, 4.69) is 10.1 Å². The molecular weight excluding hydrogens is 268 g/mol. The maximum absolute atomic E-state index is 13.6. The summed E-state index contributed by atoms with van der Waals surface area (Å²) in [7, 11) is 1.55. The second-order valence-electron chi connectivity index (χ2n) is 4.07. The highest BCUT2D eigenvalue weighted by atomic mass is 19.1. The second-order valence-corrected chi connectivity index (χ2v) is 4.07. The normalized spacial score (nSPS) is 10.6. The Morgan fingerprint density at radius 1 is 1.35 bits per heavy atom. The van der Waals surface area contributed by atoms with Gasteiger partial charge in [0, 0.05) is 19.0 Å². The summed E-state index contributed by atoms with van der Waals surface area (Å²) in [5.41, 5.74) is -0.113. The summed E-state index contributed by atoms with van der Waals surface area (Å²) < 4.78 is 33.2. The quantitative estimate of drug-likeness (QED) is 0.803. The largest absolute Gasteiger partial charge is 0.460 e. The molecule has 0 bridgehead atoms. The predicted molar refractivity (Wildman–Crippen MR) is 66.1 cm³/mol. The minimum absolute atomic E-state index is 0.0958. The van der Waals surface area contributed by atoms with Gasteiger partial charge in [0.25, 0.3) is 5.82 Å². The summed E-state index contributed by atoms with van der Waals surface area (Å²) >= 11 is 0. The number of hydrogen-bond acceptors (Lipinski definition) is 4. The zero-order chi connectivity index (χ0) is 14.7. The predicted octanol–water partition coefficient (Wildman–Crippen LogP) is 1.86. The van der Waals surface area contributed by atoms with Crippen LogP contribution in [0.3, 0.4) is 0 Å². The monoisotopic (exact) mass is 281 g/mol. The molecule has 5 nitrogen and oxygen atoms in total. The maximum atomic E-state index is 13.6. The molecule has 0 aliphatic carbocycles. The number of carbonyl (C=O) groups is 1. The number of nitrogens with zero attached hydrogens (tertiary/aromatic N) is 3. The highest BCUT2D eigenvalue weighted by molar-refractivity contribution is 5.84. The van der Waals surface area contributed by atoms with Crippen molar-refractivity contribution in [1.82, 2.24) is 14.8 Å². The van der Waals surface area contributed by atoms with Gasteiger partial charge in [-0.05, 0) is 19.1 Å². The van der Waals surface area contributed by atoms with Crippen molar-refractivity contribution in [1.29, 1.82) is 0 Å². The average Bonchev–Trinajstić information content (AvgIpc) is 2.76. The first-order chi connectivity index (χ1) is 9.52. The Morgan fingerprint density at radius 3 is 2.60 bits per heavy atom. The lowest BCUT2D eigenvalue weighted by atomic mass is 10.1. The molecular formula is C13H13F2N3O2. The fourth-order valence-corrected chi connectivity index (χ4v) is 1.71. The van der Waals surface area contributed by atoms with Crippen molar-refractivity contribution in [2.45, 2.75) is 13.3 Å². The molecule has 20 heavy (non-hydrogen) atoms. The smallest absolute Gasteiger partial charge is 0.378 e. The molecule has 0 saturated carbocycles. The summed E-state index contributed by atoms with van der Waals surface area (Å²) in [5.74, 6) is -1.84. The molecule has 1 heterocycles. The van der Waals surface area contributed by atoms with Gasteiger partial charge in [0.15, 0.2) is 0 Å². The Kier molecular flexibility index (Phi) is 4.07. The first kappa shape index (κ1) is 14.1. The van der Waals surface area contributed by atoms with Crippen molar-refractivity contribution in [3.05, 3.63) is 47.0 Å². The lowest BCUT2D eigenvalue weighted by Crippen LogP contribution is -2.07. The number of aryl methyl sites for hydroxylation is 1. The minimum Gasteiger partial charge on any atom is -0.460 e. The first-order valence-electron chi connectivity index (χ1n) is 6.02. The SMILES string of the molecule is CCOC(=O)c1nc(Cc2c(F)cccc2F)n(C)n1. The van der Waals surface area contributed by atoms with Gasteiger partial charge in [-0.2, -0.15) is 0 Å². The lowest BCUT2D eigenvalue weighted by Gasteiger charge is -2.03. The van der Waals surface area contributed by atoms with Gasteiger partial charge in [-0.3, -0.25) is 4.68 Å². The third-order valence-electron chi connectivity index (χ3n) is 2.71. The molecule has 1 aromatic carbocycles. The summed E-state index contributed by atoms with van der Waals surface area (Å²) in [6, 6.07) is 3.62. The van der Waals surface area contributed by atoms with Crippen molar-refractivity contribution in [2.75, 3.05) is 6.61 Å². The molecule has 0 atom stereocenters. The van der Waals surface area contributed by atoms with Gasteiger partial charge in [-0.1, -0.05) is 6.07 Å². The van der Waals surface area contributed by atoms with Crippen LogP contribution < -0.4 is 0 Å². The van der Waals surface area contributed by atoms with E-state index in [1.165, 1.54) is 22.9 Å². The maximum Gasteiger partial charge on any atom is 0.378 e. The molecule has 0 aliphatic rings. The molecule has 0 fully saturated rings. The van der Waals surface area contributed by atoms with Crippen LogP contribution in [-0.2, 0) is 18.2 Å². The van der Waals surface area contributed by atoms with E-state index in [-0.39, 0.29) is 30.2 Å². The van der Waals surface area contributed by atoms with E-state index < -0.39 is 17.6 Å². The third kappa shape index (κ3) is 2.81. The Morgan fingerprint density at radius 2 is 2.00 bits per heavy atom. The van der Waals surface area contributed by atoms with Gasteiger partial charge < -0.3 is 4.74 Å². The number of esters is 1. The van der Waals surface area contributed by atoms with Crippen LogP contribution in [0.4, 0.5) is 8.78 Å². The fraction of sp³-hybridized carbons (Fsp3) is 0.308. The van der Waals surface area contributed by atoms with E-state index in [0.29, 0.717) is 0 Å². The van der Waals surface area contributed by atoms with Gasteiger partial charge >= 0.3 is 5.97 Å². The Labute approximate surface area is 114 Å². The van der Waals surface area contributed by atoms with E-state index >= 15 is 0 Å². The number of halogens is 2. The Hall–Kier alpha value is -2.31. The highest BCUT2D eigenvalue weighted by Crippen LogP contribution is 2.16. The van der Waals surface area contributed by atoms with Crippen LogP contribution in [-0.4, -0.2) is 27.3 Å². The van der Waals surface area contributed by atoms with Crippen LogP contribution in [0.15, 0.2) is 18.2 Å². The van der Waals surface area contributed by atoms with Gasteiger partial charge in [-0.15, -0.1) is 5.10 Å². The Bertz CT molecular complexity index is 620. The van der Waals surface area contributed by atoms with Crippen molar-refractivity contribution in [2.24, 2.45) is 7.05 Å². The molecule has 0 unspecified atom stereocenters. The first-order valence-corrected chi connectivity index (χ1v) is 6.02. The molecule has 2 rings (SSSR count). The summed E-state index contributed by atoms with van der Waals surface area (Å²) in [5, 5.41) is 3.87. The minimum atomic E-state index is -0.664. The van der Waals surface area contributed by atoms with Crippen LogP contribution in [0.1, 0.15) is 28.9 Å². The molecule has 0 amide bonds. The highest BCUT2D eigenvalue weighted by Gasteiger charge is 2.18. The number of hydrogen-bond donors (Lipinski definition) is 0. The van der Waals surface area contributed by atoms with Crippen molar-refractivity contribution in [3.8, 4) is 0 Å². The molecule has 0 N–H and O–H groups in total. The van der Waals surface area contributed by atoms with E-state index in [1.807, 2.05) is 0 Å². The molecule has 1 aromatic heterocycles. The van der Waals surface area contributed by atoms with Crippen LogP contribution in [0.25, 0.3) is 0 Å². The van der Waals surface area contributed by atoms with Crippen molar-refractivity contribution in [3.63, 3.8) is 0 Å². The molecule has 106 valence electrons. The average molecular weight is 281 g/mol. The van der Waals surface area contributed by atoms with Crippen LogP contribution in [0.5, 0.6) is 0 Å². The topological polar surface area (TPSA) is 57.0 Å².